The number of hydrogen-bond acceptors (Lipinski definition) is 3. The maximum atomic E-state index is 12.0. The molecule has 3 nitrogen and oxygen atoms in total. The van der Waals surface area contributed by atoms with Crippen molar-refractivity contribution in [3.05, 3.63) is 35.9 Å². The number of methoxy groups -OCH3 is 1. The van der Waals surface area contributed by atoms with Crippen LogP contribution in [0.15, 0.2) is 30.3 Å². The van der Waals surface area contributed by atoms with Crippen LogP contribution in [0.4, 0.5) is 0 Å². The van der Waals surface area contributed by atoms with Gasteiger partial charge in [0, 0.05) is 12.1 Å². The molecule has 1 aromatic rings. The largest absolute Gasteiger partial charge is 0.469 e. The molecule has 2 fully saturated rings. The van der Waals surface area contributed by atoms with Crippen LogP contribution < -0.4 is 0 Å². The van der Waals surface area contributed by atoms with Gasteiger partial charge in [-0.1, -0.05) is 43.7 Å². The number of nitrogens with zero attached hydrogens (tertiary/aromatic N) is 1. The Bertz CT molecular complexity index is 544. The van der Waals surface area contributed by atoms with Crippen molar-refractivity contribution in [1.29, 1.82) is 0 Å². The van der Waals surface area contributed by atoms with E-state index in [4.69, 9.17) is 4.74 Å². The van der Waals surface area contributed by atoms with Crippen LogP contribution in [-0.2, 0) is 16.0 Å². The monoisotopic (exact) mass is 329 g/mol. The first-order valence-electron chi connectivity index (χ1n) is 9.46. The first-order chi connectivity index (χ1) is 11.6. The molecule has 132 valence electrons. The number of piperidine rings is 1. The second-order valence-electron chi connectivity index (χ2n) is 7.71. The highest BCUT2D eigenvalue weighted by Gasteiger charge is 2.50. The van der Waals surface area contributed by atoms with Crippen LogP contribution in [0.5, 0.6) is 0 Å². The van der Waals surface area contributed by atoms with Gasteiger partial charge in [-0.05, 0) is 56.0 Å². The molecule has 2 saturated heterocycles. The summed E-state index contributed by atoms with van der Waals surface area (Å²) in [6, 6.07) is 12.0. The predicted octanol–water partition coefficient (Wildman–Crippen LogP) is 3.92. The summed E-state index contributed by atoms with van der Waals surface area (Å²) in [6.45, 7) is 2.29. The summed E-state index contributed by atoms with van der Waals surface area (Å²) in [6.07, 6.45) is 6.69. The Morgan fingerprint density at radius 2 is 1.88 bits per heavy atom. The molecule has 0 saturated carbocycles. The molecule has 0 unspecified atom stereocenters. The molecule has 3 rings (SSSR count). The Hall–Kier alpha value is -1.35. The van der Waals surface area contributed by atoms with Gasteiger partial charge in [-0.2, -0.15) is 0 Å². The Morgan fingerprint density at radius 1 is 1.17 bits per heavy atom. The standard InChI is InChI=1S/C21H31NO2/c1-4-8-16-12-20-18(14-21(23)24-3)17(13-19(16)22(20)2)11-15-9-6-5-7-10-15/h5-7,9-10,16-20H,4,8,11-14H2,1-3H3/t16-,17-,18-,19+,20+/m0/s1. The Labute approximate surface area is 146 Å². The van der Waals surface area contributed by atoms with Gasteiger partial charge in [-0.15, -0.1) is 0 Å². The lowest BCUT2D eigenvalue weighted by Gasteiger charge is -2.43. The maximum Gasteiger partial charge on any atom is 0.305 e. The van der Waals surface area contributed by atoms with Gasteiger partial charge in [0.15, 0.2) is 0 Å². The first-order valence-corrected chi connectivity index (χ1v) is 9.46. The molecule has 0 N–H and O–H groups in total. The van der Waals surface area contributed by atoms with E-state index < -0.39 is 0 Å². The van der Waals surface area contributed by atoms with E-state index in [9.17, 15) is 4.79 Å². The van der Waals surface area contributed by atoms with Crippen molar-refractivity contribution in [3.8, 4) is 0 Å². The fourth-order valence-corrected chi connectivity index (χ4v) is 5.26. The number of esters is 1. The zero-order valence-electron chi connectivity index (χ0n) is 15.3. The van der Waals surface area contributed by atoms with Crippen LogP contribution >= 0.6 is 0 Å². The van der Waals surface area contributed by atoms with E-state index in [1.807, 2.05) is 0 Å². The quantitative estimate of drug-likeness (QED) is 0.741. The molecule has 0 aromatic heterocycles. The molecular formula is C21H31NO2. The van der Waals surface area contributed by atoms with Crippen molar-refractivity contribution in [2.45, 2.75) is 57.5 Å². The molecule has 1 aromatic carbocycles. The summed E-state index contributed by atoms with van der Waals surface area (Å²) in [7, 11) is 3.78. The zero-order chi connectivity index (χ0) is 17.1. The first kappa shape index (κ1) is 17.5. The third-order valence-corrected chi connectivity index (χ3v) is 6.41. The maximum absolute atomic E-state index is 12.0. The van der Waals surface area contributed by atoms with Crippen molar-refractivity contribution in [1.82, 2.24) is 4.90 Å². The smallest absolute Gasteiger partial charge is 0.305 e. The minimum Gasteiger partial charge on any atom is -0.469 e. The van der Waals surface area contributed by atoms with Gasteiger partial charge in [0.05, 0.1) is 13.5 Å². The van der Waals surface area contributed by atoms with Crippen LogP contribution in [0.2, 0.25) is 0 Å². The third kappa shape index (κ3) is 3.51. The number of carbonyl (C=O) groups excluding carboxylic acids is 1. The van der Waals surface area contributed by atoms with Crippen molar-refractivity contribution in [3.63, 3.8) is 0 Å². The molecule has 2 aliphatic heterocycles. The highest BCUT2D eigenvalue weighted by molar-refractivity contribution is 5.69. The highest BCUT2D eigenvalue weighted by Crippen LogP contribution is 2.48. The highest BCUT2D eigenvalue weighted by atomic mass is 16.5. The van der Waals surface area contributed by atoms with Gasteiger partial charge in [0.25, 0.3) is 0 Å². The summed E-state index contributed by atoms with van der Waals surface area (Å²) in [5, 5.41) is 0. The number of ether oxygens (including phenoxy) is 1. The van der Waals surface area contributed by atoms with E-state index in [1.54, 1.807) is 0 Å². The predicted molar refractivity (Wildman–Crippen MR) is 96.7 cm³/mol. The van der Waals surface area contributed by atoms with E-state index >= 15 is 0 Å². The topological polar surface area (TPSA) is 29.5 Å². The van der Waals surface area contributed by atoms with Crippen molar-refractivity contribution < 1.29 is 9.53 Å². The average molecular weight is 329 g/mol. The Morgan fingerprint density at radius 3 is 2.54 bits per heavy atom. The summed E-state index contributed by atoms with van der Waals surface area (Å²) >= 11 is 0. The van der Waals surface area contributed by atoms with Crippen LogP contribution in [0.25, 0.3) is 0 Å². The number of benzene rings is 1. The molecular weight excluding hydrogens is 298 g/mol. The molecule has 2 bridgehead atoms. The van der Waals surface area contributed by atoms with Gasteiger partial charge in [0.1, 0.15) is 0 Å². The molecule has 0 radical (unpaired) electrons. The molecule has 0 spiro atoms. The summed E-state index contributed by atoms with van der Waals surface area (Å²) in [4.78, 5) is 14.6. The zero-order valence-corrected chi connectivity index (χ0v) is 15.3. The Balaban J connectivity index is 1.81. The minimum atomic E-state index is -0.0520. The lowest BCUT2D eigenvalue weighted by atomic mass is 9.75. The van der Waals surface area contributed by atoms with E-state index in [2.05, 4.69) is 49.2 Å². The SMILES string of the molecule is CCC[C@H]1C[C@@H]2[C@@H](CC(=O)OC)[C@@H](Cc3ccccc3)C[C@H]1N2C. The normalized spacial score (nSPS) is 32.7. The Kier molecular flexibility index (Phi) is 5.60. The third-order valence-electron chi connectivity index (χ3n) is 6.41. The number of rotatable bonds is 6. The van der Waals surface area contributed by atoms with Crippen LogP contribution in [0.1, 0.15) is 44.6 Å². The minimum absolute atomic E-state index is 0.0520. The molecule has 24 heavy (non-hydrogen) atoms. The van der Waals surface area contributed by atoms with Crippen molar-refractivity contribution in [2.24, 2.45) is 17.8 Å². The number of fused-ring (bicyclic) bond motifs is 2. The molecule has 3 heteroatoms. The van der Waals surface area contributed by atoms with Crippen LogP contribution in [0.3, 0.4) is 0 Å². The van der Waals surface area contributed by atoms with Gasteiger partial charge in [0.2, 0.25) is 0 Å². The van der Waals surface area contributed by atoms with Crippen molar-refractivity contribution in [2.75, 3.05) is 14.2 Å². The summed E-state index contributed by atoms with van der Waals surface area (Å²) in [5.41, 5.74) is 1.40. The summed E-state index contributed by atoms with van der Waals surface area (Å²) in [5.74, 6) is 1.75. The number of hydrogen-bond donors (Lipinski definition) is 0. The summed E-state index contributed by atoms with van der Waals surface area (Å²) < 4.78 is 5.01. The van der Waals surface area contributed by atoms with Gasteiger partial charge in [-0.3, -0.25) is 9.69 Å². The lowest BCUT2D eigenvalue weighted by Crippen LogP contribution is -2.48. The lowest BCUT2D eigenvalue weighted by molar-refractivity contribution is -0.143. The van der Waals surface area contributed by atoms with E-state index in [0.29, 0.717) is 30.3 Å². The molecule has 0 amide bonds. The van der Waals surface area contributed by atoms with Gasteiger partial charge >= 0.3 is 5.97 Å². The van der Waals surface area contributed by atoms with E-state index in [-0.39, 0.29) is 5.97 Å². The van der Waals surface area contributed by atoms with Crippen LogP contribution in [-0.4, -0.2) is 37.1 Å². The van der Waals surface area contributed by atoms with Gasteiger partial charge < -0.3 is 4.74 Å². The second-order valence-corrected chi connectivity index (χ2v) is 7.71. The second kappa shape index (κ2) is 7.69. The molecule has 2 heterocycles. The molecule has 2 aliphatic rings. The van der Waals surface area contributed by atoms with E-state index in [1.165, 1.54) is 38.4 Å². The van der Waals surface area contributed by atoms with Crippen LogP contribution in [0, 0.1) is 17.8 Å². The van der Waals surface area contributed by atoms with Gasteiger partial charge in [-0.25, -0.2) is 0 Å². The fourth-order valence-electron chi connectivity index (χ4n) is 5.26. The molecule has 5 atom stereocenters. The average Bonchev–Trinajstić information content (AvgIpc) is 2.80. The molecule has 0 aliphatic carbocycles. The number of carbonyl (C=O) groups is 1. The van der Waals surface area contributed by atoms with E-state index in [0.717, 1.165) is 12.3 Å². The van der Waals surface area contributed by atoms with Crippen molar-refractivity contribution >= 4 is 5.97 Å². The fraction of sp³-hybridized carbons (Fsp3) is 0.667.